The zero-order valence-corrected chi connectivity index (χ0v) is 9.36. The second-order valence-electron chi connectivity index (χ2n) is 3.86. The van der Waals surface area contributed by atoms with E-state index in [1.54, 1.807) is 18.2 Å². The zero-order valence-electron chi connectivity index (χ0n) is 9.36. The highest BCUT2D eigenvalue weighted by Gasteiger charge is 2.18. The van der Waals surface area contributed by atoms with E-state index in [-0.39, 0.29) is 0 Å². The number of para-hydroxylation sites is 1. The number of halogens is 2. The van der Waals surface area contributed by atoms with Gasteiger partial charge in [0.2, 0.25) is 0 Å². The number of H-pyrrole nitrogens is 1. The van der Waals surface area contributed by atoms with Crippen molar-refractivity contribution in [2.45, 2.75) is 12.5 Å². The number of hydrogen-bond acceptors (Lipinski definition) is 2. The number of fused-ring (bicyclic) bond motifs is 1. The minimum atomic E-state index is -2.87. The highest BCUT2D eigenvalue weighted by atomic mass is 19.3. The molecule has 2 aromatic rings. The molecule has 0 bridgehead atoms. The fourth-order valence-electron chi connectivity index (χ4n) is 1.64. The predicted octanol–water partition coefficient (Wildman–Crippen LogP) is 1.52. The molecule has 0 aliphatic carbocycles. The van der Waals surface area contributed by atoms with Gasteiger partial charge >= 0.3 is 0 Å². The van der Waals surface area contributed by atoms with E-state index in [1.165, 1.54) is 6.20 Å². The van der Waals surface area contributed by atoms with Crippen LogP contribution in [0.4, 0.5) is 8.78 Å². The van der Waals surface area contributed by atoms with Gasteiger partial charge in [-0.2, -0.15) is 0 Å². The van der Waals surface area contributed by atoms with Crippen LogP contribution in [0.3, 0.4) is 0 Å². The molecule has 1 heterocycles. The van der Waals surface area contributed by atoms with Gasteiger partial charge in [-0.1, -0.05) is 18.2 Å². The first-order valence-electron chi connectivity index (χ1n) is 5.40. The molecular formula is C12H12F2N2O2. The minimum Gasteiger partial charge on any atom is -0.385 e. The summed E-state index contributed by atoms with van der Waals surface area (Å²) in [6.07, 6.45) is -3.21. The van der Waals surface area contributed by atoms with Crippen molar-refractivity contribution in [1.82, 2.24) is 10.3 Å². The number of aliphatic hydroxyl groups excluding tert-OH is 1. The van der Waals surface area contributed by atoms with Crippen LogP contribution in [0.5, 0.6) is 0 Å². The maximum Gasteiger partial charge on any atom is 0.265 e. The molecule has 0 saturated heterocycles. The molecule has 1 unspecified atom stereocenters. The van der Waals surface area contributed by atoms with E-state index in [4.69, 9.17) is 5.11 Å². The summed E-state index contributed by atoms with van der Waals surface area (Å²) in [5, 5.41) is 11.9. The molecule has 6 heteroatoms. The van der Waals surface area contributed by atoms with Crippen molar-refractivity contribution in [3.05, 3.63) is 36.0 Å². The van der Waals surface area contributed by atoms with Gasteiger partial charge in [-0.25, -0.2) is 8.78 Å². The standard InChI is InChI=1S/C12H12F2N2O2/c13-11(14)10(17)6-16-12(18)8-5-15-9-4-2-1-3-7(8)9/h1-5,10-11,15,17H,6H2,(H,16,18). The number of carbonyl (C=O) groups is 1. The first-order valence-corrected chi connectivity index (χ1v) is 5.40. The third-order valence-corrected chi connectivity index (χ3v) is 2.60. The Morgan fingerprint density at radius 2 is 2.11 bits per heavy atom. The van der Waals surface area contributed by atoms with E-state index in [1.807, 2.05) is 6.07 Å². The molecular weight excluding hydrogens is 242 g/mol. The number of aliphatic hydroxyl groups is 1. The summed E-state index contributed by atoms with van der Waals surface area (Å²) in [5.74, 6) is -0.493. The number of hydrogen-bond donors (Lipinski definition) is 3. The monoisotopic (exact) mass is 254 g/mol. The van der Waals surface area contributed by atoms with Crippen LogP contribution in [0.2, 0.25) is 0 Å². The van der Waals surface area contributed by atoms with Crippen LogP contribution >= 0.6 is 0 Å². The van der Waals surface area contributed by atoms with E-state index in [0.717, 1.165) is 5.52 Å². The third kappa shape index (κ3) is 2.48. The van der Waals surface area contributed by atoms with Crippen LogP contribution in [-0.2, 0) is 0 Å². The lowest BCUT2D eigenvalue weighted by molar-refractivity contribution is -0.00269. The predicted molar refractivity (Wildman–Crippen MR) is 62.6 cm³/mol. The first kappa shape index (κ1) is 12.5. The molecule has 3 N–H and O–H groups in total. The third-order valence-electron chi connectivity index (χ3n) is 2.60. The lowest BCUT2D eigenvalue weighted by atomic mass is 10.1. The molecule has 4 nitrogen and oxygen atoms in total. The largest absolute Gasteiger partial charge is 0.385 e. The van der Waals surface area contributed by atoms with Gasteiger partial charge in [0, 0.05) is 23.6 Å². The maximum absolute atomic E-state index is 12.1. The Bertz CT molecular complexity index is 554. The van der Waals surface area contributed by atoms with Gasteiger partial charge in [0.25, 0.3) is 12.3 Å². The average molecular weight is 254 g/mol. The van der Waals surface area contributed by atoms with E-state index < -0.39 is 25.0 Å². The lowest BCUT2D eigenvalue weighted by Gasteiger charge is -2.10. The van der Waals surface area contributed by atoms with Gasteiger partial charge in [0.15, 0.2) is 0 Å². The molecule has 96 valence electrons. The van der Waals surface area contributed by atoms with Gasteiger partial charge in [-0.15, -0.1) is 0 Å². The number of aromatic nitrogens is 1. The molecule has 2 rings (SSSR count). The molecule has 1 aromatic carbocycles. The Morgan fingerprint density at radius 1 is 1.39 bits per heavy atom. The smallest absolute Gasteiger partial charge is 0.265 e. The van der Waals surface area contributed by atoms with Crippen molar-refractivity contribution in [1.29, 1.82) is 0 Å². The van der Waals surface area contributed by atoms with Gasteiger partial charge in [0.05, 0.1) is 5.56 Å². The molecule has 0 saturated carbocycles. The van der Waals surface area contributed by atoms with E-state index in [9.17, 15) is 13.6 Å². The Hall–Kier alpha value is -1.95. The van der Waals surface area contributed by atoms with Crippen molar-refractivity contribution in [2.75, 3.05) is 6.54 Å². The van der Waals surface area contributed by atoms with Crippen LogP contribution in [0.15, 0.2) is 30.5 Å². The molecule has 0 spiro atoms. The van der Waals surface area contributed by atoms with Crippen molar-refractivity contribution >= 4 is 16.8 Å². The number of rotatable bonds is 4. The van der Waals surface area contributed by atoms with E-state index in [0.29, 0.717) is 10.9 Å². The first-order chi connectivity index (χ1) is 8.59. The van der Waals surface area contributed by atoms with Crippen molar-refractivity contribution < 1.29 is 18.7 Å². The van der Waals surface area contributed by atoms with Crippen LogP contribution in [0.1, 0.15) is 10.4 Å². The summed E-state index contributed by atoms with van der Waals surface area (Å²) in [5.41, 5.74) is 1.16. The Kier molecular flexibility index (Phi) is 3.57. The topological polar surface area (TPSA) is 65.1 Å². The number of aromatic amines is 1. The summed E-state index contributed by atoms with van der Waals surface area (Å²) in [4.78, 5) is 14.7. The molecule has 1 aromatic heterocycles. The van der Waals surface area contributed by atoms with Crippen LogP contribution in [0.25, 0.3) is 10.9 Å². The highest BCUT2D eigenvalue weighted by Crippen LogP contribution is 2.17. The summed E-state index contributed by atoms with van der Waals surface area (Å²) in [6, 6.07) is 7.16. The summed E-state index contributed by atoms with van der Waals surface area (Å²) >= 11 is 0. The number of carbonyl (C=O) groups excluding carboxylic acids is 1. The maximum atomic E-state index is 12.1. The fourth-order valence-corrected chi connectivity index (χ4v) is 1.64. The molecule has 0 aliphatic heterocycles. The van der Waals surface area contributed by atoms with Crippen molar-refractivity contribution in [3.8, 4) is 0 Å². The minimum absolute atomic E-state index is 0.368. The molecule has 18 heavy (non-hydrogen) atoms. The number of nitrogens with one attached hydrogen (secondary N) is 2. The van der Waals surface area contributed by atoms with Crippen molar-refractivity contribution in [3.63, 3.8) is 0 Å². The SMILES string of the molecule is O=C(NCC(O)C(F)F)c1c[nH]c2ccccc12. The summed E-state index contributed by atoms with van der Waals surface area (Å²) in [6.45, 7) is -0.476. The Balaban J connectivity index is 2.10. The summed E-state index contributed by atoms with van der Waals surface area (Å²) < 4.78 is 24.1. The lowest BCUT2D eigenvalue weighted by Crippen LogP contribution is -2.35. The van der Waals surface area contributed by atoms with Crippen LogP contribution in [0, 0.1) is 0 Å². The second kappa shape index (κ2) is 5.14. The molecule has 0 radical (unpaired) electrons. The Morgan fingerprint density at radius 3 is 2.83 bits per heavy atom. The average Bonchev–Trinajstić information content (AvgIpc) is 2.79. The number of amides is 1. The Labute approximate surface area is 102 Å². The van der Waals surface area contributed by atoms with Gasteiger partial charge in [-0.3, -0.25) is 4.79 Å². The molecule has 0 aliphatic rings. The fraction of sp³-hybridized carbons (Fsp3) is 0.250. The van der Waals surface area contributed by atoms with Crippen LogP contribution in [-0.4, -0.2) is 35.1 Å². The van der Waals surface area contributed by atoms with E-state index >= 15 is 0 Å². The van der Waals surface area contributed by atoms with Gasteiger partial charge in [0.1, 0.15) is 6.10 Å². The highest BCUT2D eigenvalue weighted by molar-refractivity contribution is 6.06. The molecule has 1 atom stereocenters. The van der Waals surface area contributed by atoms with Gasteiger partial charge < -0.3 is 15.4 Å². The van der Waals surface area contributed by atoms with Crippen molar-refractivity contribution in [2.24, 2.45) is 0 Å². The molecule has 1 amide bonds. The second-order valence-corrected chi connectivity index (χ2v) is 3.86. The zero-order chi connectivity index (χ0) is 13.1. The quantitative estimate of drug-likeness (QED) is 0.774. The van der Waals surface area contributed by atoms with Gasteiger partial charge in [-0.05, 0) is 6.07 Å². The number of benzene rings is 1. The van der Waals surface area contributed by atoms with Crippen LogP contribution < -0.4 is 5.32 Å². The number of alkyl halides is 2. The van der Waals surface area contributed by atoms with E-state index in [2.05, 4.69) is 10.3 Å². The molecule has 0 fully saturated rings. The normalized spacial score (nSPS) is 12.9. The summed E-state index contributed by atoms with van der Waals surface area (Å²) in [7, 11) is 0.